The molecule has 1 aromatic carbocycles. The molecule has 1 rings (SSSR count). The van der Waals surface area contributed by atoms with Crippen molar-refractivity contribution in [1.29, 1.82) is 0 Å². The van der Waals surface area contributed by atoms with Crippen LogP contribution in [0.1, 0.15) is 5.56 Å². The van der Waals surface area contributed by atoms with Gasteiger partial charge in [0, 0.05) is 0 Å². The average Bonchev–Trinajstić information content (AvgIpc) is 2.24. The van der Waals surface area contributed by atoms with E-state index in [0.29, 0.717) is 6.21 Å². The monoisotopic (exact) mass is 293 g/mol. The summed E-state index contributed by atoms with van der Waals surface area (Å²) in [5.74, 6) is 0. The van der Waals surface area contributed by atoms with E-state index in [0.717, 1.165) is 5.56 Å². The molecule has 1 aromatic rings. The summed E-state index contributed by atoms with van der Waals surface area (Å²) in [7, 11) is -8.30. The first-order chi connectivity index (χ1) is 8.21. The van der Waals surface area contributed by atoms with Gasteiger partial charge in [-0.1, -0.05) is 22.9 Å². The van der Waals surface area contributed by atoms with Crippen molar-refractivity contribution in [2.24, 2.45) is 5.16 Å². The molecule has 0 radical (unpaired) electrons. The molecule has 0 saturated heterocycles. The SMILES string of the molecule is Cc1ccc(S(=O)(=O)ON=CCP(=O)(O)O)cc1. The summed E-state index contributed by atoms with van der Waals surface area (Å²) in [5.41, 5.74) is 0.888. The van der Waals surface area contributed by atoms with Gasteiger partial charge in [0.05, 0.1) is 12.4 Å². The van der Waals surface area contributed by atoms with Gasteiger partial charge in [-0.2, -0.15) is 8.42 Å². The van der Waals surface area contributed by atoms with E-state index in [1.54, 1.807) is 19.1 Å². The van der Waals surface area contributed by atoms with E-state index in [1.807, 2.05) is 0 Å². The van der Waals surface area contributed by atoms with Crippen molar-refractivity contribution in [2.45, 2.75) is 11.8 Å². The van der Waals surface area contributed by atoms with Crippen molar-refractivity contribution < 1.29 is 27.1 Å². The Labute approximate surface area is 104 Å². The first-order valence-corrected chi connectivity index (χ1v) is 7.98. The molecule has 0 aromatic heterocycles. The van der Waals surface area contributed by atoms with Crippen LogP contribution in [0.5, 0.6) is 0 Å². The Hall–Kier alpha value is -1.21. The first-order valence-electron chi connectivity index (χ1n) is 4.77. The summed E-state index contributed by atoms with van der Waals surface area (Å²) in [6, 6.07) is 5.89. The summed E-state index contributed by atoms with van der Waals surface area (Å²) in [6.07, 6.45) is 0.0307. The van der Waals surface area contributed by atoms with E-state index in [1.165, 1.54) is 12.1 Å². The van der Waals surface area contributed by atoms with Crippen LogP contribution in [0.3, 0.4) is 0 Å². The van der Waals surface area contributed by atoms with Crippen molar-refractivity contribution in [3.63, 3.8) is 0 Å². The number of benzene rings is 1. The van der Waals surface area contributed by atoms with Crippen molar-refractivity contribution in [3.05, 3.63) is 29.8 Å². The summed E-state index contributed by atoms with van der Waals surface area (Å²) in [6.45, 7) is 1.80. The molecule has 0 fully saturated rings. The Bertz CT molecular complexity index is 574. The highest BCUT2D eigenvalue weighted by Crippen LogP contribution is 2.32. The zero-order chi connectivity index (χ0) is 13.8. The number of rotatable bonds is 5. The molecular weight excluding hydrogens is 281 g/mol. The van der Waals surface area contributed by atoms with Gasteiger partial charge in [-0.25, -0.2) is 0 Å². The van der Waals surface area contributed by atoms with E-state index in [2.05, 4.69) is 9.44 Å². The van der Waals surface area contributed by atoms with Gasteiger partial charge in [0.25, 0.3) is 0 Å². The fourth-order valence-corrected chi connectivity index (χ4v) is 1.98. The lowest BCUT2D eigenvalue weighted by atomic mass is 10.2. The number of hydrogen-bond donors (Lipinski definition) is 2. The maximum absolute atomic E-state index is 11.5. The second-order valence-electron chi connectivity index (χ2n) is 3.48. The molecule has 100 valence electrons. The highest BCUT2D eigenvalue weighted by atomic mass is 32.2. The second kappa shape index (κ2) is 5.62. The standard InChI is InChI=1S/C9H12NO6PS/c1-8-2-4-9(5-3-8)18(14,15)16-10-6-7-17(11,12)13/h2-6H,7H2,1H3,(H2,11,12,13). The van der Waals surface area contributed by atoms with Crippen LogP contribution in [0.25, 0.3) is 0 Å². The van der Waals surface area contributed by atoms with Crippen LogP contribution in [-0.4, -0.2) is 30.6 Å². The molecule has 2 N–H and O–H groups in total. The molecule has 0 aliphatic rings. The minimum absolute atomic E-state index is 0.0820. The lowest BCUT2D eigenvalue weighted by molar-refractivity contribution is 0.339. The minimum atomic E-state index is -4.25. The van der Waals surface area contributed by atoms with Crippen molar-refractivity contribution >= 4 is 23.9 Å². The number of nitrogens with zero attached hydrogens (tertiary/aromatic N) is 1. The number of hydrogen-bond acceptors (Lipinski definition) is 5. The van der Waals surface area contributed by atoms with Crippen LogP contribution in [0, 0.1) is 6.92 Å². The van der Waals surface area contributed by atoms with E-state index < -0.39 is 23.9 Å². The molecule has 0 amide bonds. The third kappa shape index (κ3) is 4.97. The smallest absolute Gasteiger partial charge is 0.324 e. The van der Waals surface area contributed by atoms with E-state index in [4.69, 9.17) is 9.79 Å². The Kier molecular flexibility index (Phi) is 4.64. The highest BCUT2D eigenvalue weighted by molar-refractivity contribution is 7.86. The quantitative estimate of drug-likeness (QED) is 0.473. The molecular formula is C9H12NO6PS. The van der Waals surface area contributed by atoms with E-state index >= 15 is 0 Å². The van der Waals surface area contributed by atoms with Crippen LogP contribution in [0.4, 0.5) is 0 Å². The molecule has 0 heterocycles. The molecule has 9 heteroatoms. The topological polar surface area (TPSA) is 113 Å². The van der Waals surface area contributed by atoms with E-state index in [9.17, 15) is 13.0 Å². The number of oxime groups is 1. The Morgan fingerprint density at radius 3 is 2.39 bits per heavy atom. The summed E-state index contributed by atoms with van der Waals surface area (Å²) in [5, 5.41) is 3.02. The largest absolute Gasteiger partial charge is 0.358 e. The minimum Gasteiger partial charge on any atom is -0.324 e. The second-order valence-corrected chi connectivity index (χ2v) is 6.70. The van der Waals surface area contributed by atoms with Crippen LogP contribution >= 0.6 is 7.60 Å². The third-order valence-corrected chi connectivity index (χ3v) is 3.62. The summed E-state index contributed by atoms with van der Waals surface area (Å²) in [4.78, 5) is 16.9. The van der Waals surface area contributed by atoms with Crippen LogP contribution < -0.4 is 0 Å². The zero-order valence-electron chi connectivity index (χ0n) is 9.42. The van der Waals surface area contributed by atoms with Gasteiger partial charge in [-0.15, -0.1) is 0 Å². The zero-order valence-corrected chi connectivity index (χ0v) is 11.1. The van der Waals surface area contributed by atoms with Gasteiger partial charge < -0.3 is 9.79 Å². The number of aryl methyl sites for hydroxylation is 1. The molecule has 0 aliphatic heterocycles. The van der Waals surface area contributed by atoms with Crippen molar-refractivity contribution in [2.75, 3.05) is 6.16 Å². The lowest BCUT2D eigenvalue weighted by Crippen LogP contribution is -2.03. The molecule has 0 aliphatic carbocycles. The summed E-state index contributed by atoms with van der Waals surface area (Å²) < 4.78 is 37.8. The van der Waals surface area contributed by atoms with E-state index in [-0.39, 0.29) is 4.90 Å². The predicted molar refractivity (Wildman–Crippen MR) is 64.9 cm³/mol. The Morgan fingerprint density at radius 2 is 1.89 bits per heavy atom. The molecule has 0 unspecified atom stereocenters. The van der Waals surface area contributed by atoms with Gasteiger partial charge in [0.15, 0.2) is 0 Å². The van der Waals surface area contributed by atoms with Crippen molar-refractivity contribution in [1.82, 2.24) is 0 Å². The van der Waals surface area contributed by atoms with Crippen LogP contribution in [0.2, 0.25) is 0 Å². The van der Waals surface area contributed by atoms with Gasteiger partial charge in [-0.3, -0.25) is 8.85 Å². The first kappa shape index (κ1) is 14.8. The van der Waals surface area contributed by atoms with Gasteiger partial charge >= 0.3 is 17.7 Å². The Morgan fingerprint density at radius 1 is 1.33 bits per heavy atom. The van der Waals surface area contributed by atoms with Crippen molar-refractivity contribution in [3.8, 4) is 0 Å². The molecule has 0 spiro atoms. The molecule has 0 saturated carbocycles. The third-order valence-electron chi connectivity index (χ3n) is 1.84. The normalized spacial score (nSPS) is 12.8. The van der Waals surface area contributed by atoms with Gasteiger partial charge in [0.1, 0.15) is 4.90 Å². The Balaban J connectivity index is 2.72. The summed E-state index contributed by atoms with van der Waals surface area (Å²) >= 11 is 0. The predicted octanol–water partition coefficient (Wildman–Crippen LogP) is 0.864. The molecule has 0 bridgehead atoms. The maximum atomic E-state index is 11.5. The van der Waals surface area contributed by atoms with Crippen LogP contribution in [-0.2, 0) is 19.0 Å². The fourth-order valence-electron chi connectivity index (χ4n) is 0.975. The maximum Gasteiger partial charge on any atom is 0.358 e. The van der Waals surface area contributed by atoms with Gasteiger partial charge in [0.2, 0.25) is 0 Å². The fraction of sp³-hybridized carbons (Fsp3) is 0.222. The molecule has 0 atom stereocenters. The lowest BCUT2D eigenvalue weighted by Gasteiger charge is -2.01. The molecule has 18 heavy (non-hydrogen) atoms. The van der Waals surface area contributed by atoms with Crippen LogP contribution in [0.15, 0.2) is 34.3 Å². The highest BCUT2D eigenvalue weighted by Gasteiger charge is 2.15. The average molecular weight is 293 g/mol. The molecule has 7 nitrogen and oxygen atoms in total. The van der Waals surface area contributed by atoms with Gasteiger partial charge in [-0.05, 0) is 19.1 Å².